The van der Waals surface area contributed by atoms with Crippen LogP contribution >= 0.6 is 0 Å². The minimum absolute atomic E-state index is 0.138. The fourth-order valence-electron chi connectivity index (χ4n) is 2.94. The molecule has 0 fully saturated rings. The highest BCUT2D eigenvalue weighted by atomic mass is 19.1. The quantitative estimate of drug-likeness (QED) is 0.262. The lowest BCUT2D eigenvalue weighted by Crippen LogP contribution is -2.29. The molecule has 2 amide bonds. The molecule has 10 heteroatoms. The lowest BCUT2D eigenvalue weighted by atomic mass is 9.94. The Kier molecular flexibility index (Phi) is 9.27. The molecule has 200 valence electrons. The summed E-state index contributed by atoms with van der Waals surface area (Å²) in [5, 5.41) is 5.04. The molecule has 0 atom stereocenters. The molecule has 2 rings (SSSR count). The Morgan fingerprint density at radius 2 is 1.35 bits per heavy atom. The molecular weight excluding hydrogens is 486 g/mol. The van der Waals surface area contributed by atoms with Crippen molar-refractivity contribution < 1.29 is 37.4 Å². The van der Waals surface area contributed by atoms with Crippen LogP contribution in [0.5, 0.6) is 5.75 Å². The molecule has 0 heterocycles. The molecule has 2 aromatic rings. The van der Waals surface area contributed by atoms with Crippen LogP contribution in [0.3, 0.4) is 0 Å². The van der Waals surface area contributed by atoms with Crippen LogP contribution in [0.4, 0.5) is 20.2 Å². The number of carbonyl (C=O) groups excluding carboxylic acids is 4. The molecule has 0 bridgehead atoms. The maximum Gasteiger partial charge on any atom is 0.229 e. The predicted octanol–water partition coefficient (Wildman–Crippen LogP) is 5.37. The van der Waals surface area contributed by atoms with Crippen molar-refractivity contribution in [3.63, 3.8) is 0 Å². The van der Waals surface area contributed by atoms with E-state index in [1.807, 2.05) is 0 Å². The normalized spacial score (nSPS) is 11.6. The van der Waals surface area contributed by atoms with Crippen LogP contribution < -0.4 is 15.4 Å². The number of hydrogen-bond donors (Lipinski definition) is 2. The van der Waals surface area contributed by atoms with Gasteiger partial charge in [-0.05, 0) is 24.3 Å². The highest BCUT2D eigenvalue weighted by Gasteiger charge is 2.31. The van der Waals surface area contributed by atoms with Gasteiger partial charge in [-0.1, -0.05) is 41.5 Å². The first kappa shape index (κ1) is 29.6. The van der Waals surface area contributed by atoms with Gasteiger partial charge < -0.3 is 20.1 Å². The van der Waals surface area contributed by atoms with Crippen molar-refractivity contribution in [3.8, 4) is 5.75 Å². The predicted molar refractivity (Wildman–Crippen MR) is 135 cm³/mol. The fourth-order valence-corrected chi connectivity index (χ4v) is 2.94. The summed E-state index contributed by atoms with van der Waals surface area (Å²) in [5.41, 5.74) is -2.20. The van der Waals surface area contributed by atoms with Gasteiger partial charge in [0.1, 0.15) is 0 Å². The number of halogens is 2. The second-order valence-electron chi connectivity index (χ2n) is 10.5. The Morgan fingerprint density at radius 3 is 1.86 bits per heavy atom. The molecule has 0 aromatic heterocycles. The van der Waals surface area contributed by atoms with Crippen LogP contribution in [0.15, 0.2) is 30.3 Å². The van der Waals surface area contributed by atoms with E-state index in [4.69, 9.17) is 9.47 Å². The number of Topliss-reactive ketones (excluding diaryl/α,β-unsaturated/α-hetero) is 2. The molecule has 0 spiro atoms. The van der Waals surface area contributed by atoms with Gasteiger partial charge in [0.05, 0.1) is 17.7 Å². The van der Waals surface area contributed by atoms with E-state index in [0.717, 1.165) is 0 Å². The van der Waals surface area contributed by atoms with Crippen molar-refractivity contribution >= 4 is 34.8 Å². The number of ether oxygens (including phenoxy) is 2. The Hall–Kier alpha value is -3.66. The van der Waals surface area contributed by atoms with Gasteiger partial charge in [0.15, 0.2) is 35.7 Å². The lowest BCUT2D eigenvalue weighted by molar-refractivity contribution is -0.123. The van der Waals surface area contributed by atoms with Crippen molar-refractivity contribution in [2.45, 2.75) is 48.0 Å². The summed E-state index contributed by atoms with van der Waals surface area (Å²) in [4.78, 5) is 50.8. The average molecular weight is 519 g/mol. The monoisotopic (exact) mass is 518 g/mol. The zero-order valence-electron chi connectivity index (χ0n) is 22.0. The molecule has 0 unspecified atom stereocenters. The topological polar surface area (TPSA) is 111 Å². The van der Waals surface area contributed by atoms with E-state index >= 15 is 0 Å². The minimum atomic E-state index is -1.20. The molecule has 0 aliphatic carbocycles. The largest absolute Gasteiger partial charge is 0.464 e. The number of benzene rings is 2. The number of rotatable bonds is 9. The Balaban J connectivity index is 2.39. The molecule has 2 aromatic carbocycles. The summed E-state index contributed by atoms with van der Waals surface area (Å²) in [6.07, 6.45) is -0.766. The maximum absolute atomic E-state index is 14.8. The van der Waals surface area contributed by atoms with Crippen molar-refractivity contribution in [1.29, 1.82) is 0 Å². The zero-order valence-corrected chi connectivity index (χ0v) is 22.0. The first-order chi connectivity index (χ1) is 17.1. The van der Waals surface area contributed by atoms with E-state index in [9.17, 15) is 28.0 Å². The number of carbonyl (C=O) groups is 4. The minimum Gasteiger partial charge on any atom is -0.464 e. The van der Waals surface area contributed by atoms with Crippen LogP contribution in [0.25, 0.3) is 0 Å². The van der Waals surface area contributed by atoms with Crippen LogP contribution in [0.1, 0.15) is 68.7 Å². The SMILES string of the molecule is COCOc1c(F)cc(F)c(NC(=O)C(C)(C)C)c1C(=O)CC(=O)c1ccc(NC(=O)C(C)(C)C)cc1. The van der Waals surface area contributed by atoms with Crippen molar-refractivity contribution in [2.75, 3.05) is 24.5 Å². The van der Waals surface area contributed by atoms with Crippen LogP contribution in [-0.2, 0) is 14.3 Å². The van der Waals surface area contributed by atoms with Crippen molar-refractivity contribution in [3.05, 3.63) is 53.1 Å². The molecular formula is C27H32F2N2O6. The Labute approximate surface area is 214 Å². The van der Waals surface area contributed by atoms with Gasteiger partial charge in [0.25, 0.3) is 0 Å². The zero-order chi connectivity index (χ0) is 28.1. The number of amides is 2. The maximum atomic E-state index is 14.8. The first-order valence-corrected chi connectivity index (χ1v) is 11.5. The fraction of sp³-hybridized carbons (Fsp3) is 0.407. The van der Waals surface area contributed by atoms with Crippen molar-refractivity contribution in [1.82, 2.24) is 0 Å². The van der Waals surface area contributed by atoms with E-state index in [1.165, 1.54) is 31.4 Å². The summed E-state index contributed by atoms with van der Waals surface area (Å²) < 4.78 is 39.4. The Bertz CT molecular complexity index is 1200. The molecule has 0 saturated heterocycles. The van der Waals surface area contributed by atoms with E-state index in [-0.39, 0.29) is 11.5 Å². The number of anilines is 2. The summed E-state index contributed by atoms with van der Waals surface area (Å²) >= 11 is 0. The van der Waals surface area contributed by atoms with E-state index in [2.05, 4.69) is 10.6 Å². The molecule has 2 N–H and O–H groups in total. The molecule has 0 radical (unpaired) electrons. The van der Waals surface area contributed by atoms with Crippen LogP contribution in [0, 0.1) is 22.5 Å². The summed E-state index contributed by atoms with van der Waals surface area (Å²) in [6.45, 7) is 9.52. The van der Waals surface area contributed by atoms with E-state index in [1.54, 1.807) is 41.5 Å². The third kappa shape index (κ3) is 7.66. The summed E-state index contributed by atoms with van der Waals surface area (Å²) in [7, 11) is 1.27. The molecule has 0 aliphatic rings. The number of nitrogens with one attached hydrogen (secondary N) is 2. The highest BCUT2D eigenvalue weighted by Crippen LogP contribution is 2.35. The standard InChI is InChI=1S/C27H32F2N2O6/c1-26(2,3)24(34)30-16-10-8-15(9-11-16)19(32)13-20(33)21-22(31-25(35)27(4,5)6)17(28)12-18(29)23(21)37-14-36-7/h8-12H,13-14H2,1-7H3,(H,30,34)(H,31,35). The summed E-state index contributed by atoms with van der Waals surface area (Å²) in [6, 6.07) is 6.33. The van der Waals surface area contributed by atoms with Gasteiger partial charge >= 0.3 is 0 Å². The third-order valence-electron chi connectivity index (χ3n) is 5.17. The molecule has 37 heavy (non-hydrogen) atoms. The van der Waals surface area contributed by atoms with Gasteiger partial charge in [-0.2, -0.15) is 0 Å². The van der Waals surface area contributed by atoms with Crippen molar-refractivity contribution in [2.24, 2.45) is 10.8 Å². The van der Waals surface area contributed by atoms with Gasteiger partial charge in [-0.25, -0.2) is 8.78 Å². The van der Waals surface area contributed by atoms with Gasteiger partial charge in [-0.3, -0.25) is 19.2 Å². The lowest BCUT2D eigenvalue weighted by Gasteiger charge is -2.21. The van der Waals surface area contributed by atoms with Gasteiger partial charge in [-0.15, -0.1) is 0 Å². The first-order valence-electron chi connectivity index (χ1n) is 11.5. The highest BCUT2D eigenvalue weighted by molar-refractivity contribution is 6.17. The second-order valence-corrected chi connectivity index (χ2v) is 10.5. The third-order valence-corrected chi connectivity index (χ3v) is 5.17. The van der Waals surface area contributed by atoms with Gasteiger partial charge in [0, 0.05) is 35.3 Å². The average Bonchev–Trinajstić information content (AvgIpc) is 2.78. The van der Waals surface area contributed by atoms with E-state index in [0.29, 0.717) is 11.8 Å². The number of methoxy groups -OCH3 is 1. The molecule has 0 aliphatic heterocycles. The van der Waals surface area contributed by atoms with E-state index < -0.39 is 70.2 Å². The molecule has 0 saturated carbocycles. The smallest absolute Gasteiger partial charge is 0.229 e. The summed E-state index contributed by atoms with van der Waals surface area (Å²) in [5.74, 6) is -5.51. The molecule has 8 nitrogen and oxygen atoms in total. The Morgan fingerprint density at radius 1 is 0.811 bits per heavy atom. The number of hydrogen-bond acceptors (Lipinski definition) is 6. The number of ketones is 2. The second kappa shape index (κ2) is 11.6. The van der Waals surface area contributed by atoms with Crippen LogP contribution in [0.2, 0.25) is 0 Å². The van der Waals surface area contributed by atoms with Crippen LogP contribution in [-0.4, -0.2) is 37.3 Å². The van der Waals surface area contributed by atoms with Gasteiger partial charge in [0.2, 0.25) is 11.8 Å².